The highest BCUT2D eigenvalue weighted by Gasteiger charge is 2.12. The first kappa shape index (κ1) is 13.9. The number of nitriles is 1. The molecule has 0 amide bonds. The molecule has 0 aromatic heterocycles. The van der Waals surface area contributed by atoms with E-state index in [0.29, 0.717) is 6.61 Å². The van der Waals surface area contributed by atoms with Gasteiger partial charge in [-0.2, -0.15) is 5.26 Å². The van der Waals surface area contributed by atoms with Crippen molar-refractivity contribution in [1.82, 2.24) is 0 Å². The molecule has 0 aliphatic rings. The Morgan fingerprint density at radius 3 is 2.94 bits per heavy atom. The van der Waals surface area contributed by atoms with Gasteiger partial charge in [0.1, 0.15) is 17.0 Å². The number of benzene rings is 1. The molecule has 1 aromatic carbocycles. The summed E-state index contributed by atoms with van der Waals surface area (Å²) < 4.78 is 18.7. The van der Waals surface area contributed by atoms with Crippen molar-refractivity contribution < 1.29 is 9.13 Å². The van der Waals surface area contributed by atoms with Crippen LogP contribution in [0.15, 0.2) is 18.2 Å². The zero-order chi connectivity index (χ0) is 12.7. The lowest BCUT2D eigenvalue weighted by Gasteiger charge is -2.16. The van der Waals surface area contributed by atoms with Gasteiger partial charge in [0.15, 0.2) is 0 Å². The Labute approximate surface area is 106 Å². The maximum absolute atomic E-state index is 13.2. The van der Waals surface area contributed by atoms with Crippen molar-refractivity contribution in [3.63, 3.8) is 0 Å². The molecule has 0 bridgehead atoms. The van der Waals surface area contributed by atoms with Crippen molar-refractivity contribution in [2.24, 2.45) is 0 Å². The highest BCUT2D eigenvalue weighted by atomic mass is 32.2. The van der Waals surface area contributed by atoms with E-state index in [9.17, 15) is 4.39 Å². The molecule has 17 heavy (non-hydrogen) atoms. The first-order chi connectivity index (χ1) is 8.19. The number of ether oxygens (including phenoxy) is 1. The molecule has 1 aromatic rings. The Balaban J connectivity index is 2.79. The smallest absolute Gasteiger partial charge is 0.133 e. The molecule has 1 unspecified atom stereocenters. The lowest BCUT2D eigenvalue weighted by molar-refractivity contribution is 0.333. The number of hydrogen-bond donors (Lipinski definition) is 0. The second kappa shape index (κ2) is 7.18. The van der Waals surface area contributed by atoms with Crippen LogP contribution in [0.2, 0.25) is 0 Å². The van der Waals surface area contributed by atoms with Crippen molar-refractivity contribution in [2.45, 2.75) is 26.2 Å². The molecule has 1 atom stereocenters. The van der Waals surface area contributed by atoms with Gasteiger partial charge in [0, 0.05) is 5.75 Å². The zero-order valence-corrected chi connectivity index (χ0v) is 10.9. The fourth-order valence-corrected chi connectivity index (χ4v) is 2.19. The number of hydrogen-bond acceptors (Lipinski definition) is 3. The van der Waals surface area contributed by atoms with Gasteiger partial charge in [-0.3, -0.25) is 0 Å². The predicted octanol–water partition coefficient (Wildman–Crippen LogP) is 3.93. The summed E-state index contributed by atoms with van der Waals surface area (Å²) in [5.41, 5.74) is 0.880. The summed E-state index contributed by atoms with van der Waals surface area (Å²) in [7, 11) is 0. The highest BCUT2D eigenvalue weighted by molar-refractivity contribution is 8.03. The van der Waals surface area contributed by atoms with Crippen molar-refractivity contribution in [2.75, 3.05) is 12.4 Å². The minimum Gasteiger partial charge on any atom is -0.494 e. The minimum atomic E-state index is -0.247. The van der Waals surface area contributed by atoms with E-state index in [1.54, 1.807) is 6.07 Å². The number of thioether (sulfide) groups is 1. The van der Waals surface area contributed by atoms with Crippen LogP contribution < -0.4 is 4.74 Å². The summed E-state index contributed by atoms with van der Waals surface area (Å²) >= 11 is 1.23. The molecule has 2 nitrogen and oxygen atoms in total. The Morgan fingerprint density at radius 1 is 1.53 bits per heavy atom. The molecule has 0 saturated heterocycles. The Bertz CT molecular complexity index is 403. The summed E-state index contributed by atoms with van der Waals surface area (Å²) in [5.74, 6) is 1.43. The maximum Gasteiger partial charge on any atom is 0.133 e. The average molecular weight is 253 g/mol. The standard InChI is InChI=1S/C13H16FNOS/c1-3-16-13-5-4-11(14)8-12(13)10(2)6-7-17-9-15/h4-5,8,10H,3,6-7H2,1-2H3. The third-order valence-corrected chi connectivity index (χ3v) is 3.09. The van der Waals surface area contributed by atoms with Crippen LogP contribution >= 0.6 is 11.8 Å². The molecule has 4 heteroatoms. The number of thiocyanates is 1. The van der Waals surface area contributed by atoms with Gasteiger partial charge in [-0.1, -0.05) is 6.92 Å². The van der Waals surface area contributed by atoms with Gasteiger partial charge in [-0.05, 0) is 54.8 Å². The molecule has 0 N–H and O–H groups in total. The van der Waals surface area contributed by atoms with Gasteiger partial charge in [-0.15, -0.1) is 0 Å². The summed E-state index contributed by atoms with van der Waals surface area (Å²) in [6.45, 7) is 4.50. The molecule has 0 fully saturated rings. The second-order valence-corrected chi connectivity index (χ2v) is 4.62. The van der Waals surface area contributed by atoms with Gasteiger partial charge >= 0.3 is 0 Å². The van der Waals surface area contributed by atoms with E-state index in [4.69, 9.17) is 10.00 Å². The van der Waals surface area contributed by atoms with Crippen LogP contribution in [0, 0.1) is 16.5 Å². The van der Waals surface area contributed by atoms with E-state index in [1.165, 1.54) is 23.9 Å². The largest absolute Gasteiger partial charge is 0.494 e. The molecular formula is C13H16FNOS. The Hall–Kier alpha value is -1.21. The Kier molecular flexibility index (Phi) is 5.85. The first-order valence-corrected chi connectivity index (χ1v) is 6.60. The fraction of sp³-hybridized carbons (Fsp3) is 0.462. The van der Waals surface area contributed by atoms with E-state index in [-0.39, 0.29) is 11.7 Å². The van der Waals surface area contributed by atoms with Crippen LogP contribution in [0.5, 0.6) is 5.75 Å². The molecule has 0 heterocycles. The minimum absolute atomic E-state index is 0.188. The Morgan fingerprint density at radius 2 is 2.29 bits per heavy atom. The van der Waals surface area contributed by atoms with Gasteiger partial charge in [-0.25, -0.2) is 4.39 Å². The quantitative estimate of drug-likeness (QED) is 0.569. The van der Waals surface area contributed by atoms with Gasteiger partial charge in [0.25, 0.3) is 0 Å². The lowest BCUT2D eigenvalue weighted by atomic mass is 9.97. The van der Waals surface area contributed by atoms with E-state index in [1.807, 2.05) is 19.2 Å². The van der Waals surface area contributed by atoms with Crippen molar-refractivity contribution in [3.8, 4) is 11.2 Å². The molecule has 0 radical (unpaired) electrons. The van der Waals surface area contributed by atoms with Crippen LogP contribution in [-0.4, -0.2) is 12.4 Å². The second-order valence-electron chi connectivity index (χ2n) is 3.74. The summed E-state index contributed by atoms with van der Waals surface area (Å²) in [5, 5.41) is 10.5. The van der Waals surface area contributed by atoms with E-state index < -0.39 is 0 Å². The van der Waals surface area contributed by atoms with E-state index >= 15 is 0 Å². The normalized spacial score (nSPS) is 11.9. The number of nitrogens with zero attached hydrogens (tertiary/aromatic N) is 1. The molecule has 0 spiro atoms. The van der Waals surface area contributed by atoms with E-state index in [2.05, 4.69) is 0 Å². The van der Waals surface area contributed by atoms with Crippen molar-refractivity contribution in [1.29, 1.82) is 5.26 Å². The van der Waals surface area contributed by atoms with Crippen LogP contribution in [0.3, 0.4) is 0 Å². The molecule has 0 aliphatic carbocycles. The molecular weight excluding hydrogens is 237 g/mol. The van der Waals surface area contributed by atoms with Gasteiger partial charge < -0.3 is 4.74 Å². The molecule has 1 rings (SSSR count). The van der Waals surface area contributed by atoms with Crippen molar-refractivity contribution in [3.05, 3.63) is 29.6 Å². The summed E-state index contributed by atoms with van der Waals surface area (Å²) in [4.78, 5) is 0. The topological polar surface area (TPSA) is 33.0 Å². The highest BCUT2D eigenvalue weighted by Crippen LogP contribution is 2.30. The first-order valence-electron chi connectivity index (χ1n) is 5.62. The third-order valence-electron chi connectivity index (χ3n) is 2.52. The lowest BCUT2D eigenvalue weighted by Crippen LogP contribution is -2.02. The van der Waals surface area contributed by atoms with Crippen LogP contribution in [0.25, 0.3) is 0 Å². The maximum atomic E-state index is 13.2. The fourth-order valence-electron chi connectivity index (χ4n) is 1.63. The van der Waals surface area contributed by atoms with Gasteiger partial charge in [0.05, 0.1) is 6.61 Å². The van der Waals surface area contributed by atoms with Crippen LogP contribution in [0.1, 0.15) is 31.7 Å². The zero-order valence-electron chi connectivity index (χ0n) is 10.1. The van der Waals surface area contributed by atoms with Crippen LogP contribution in [0.4, 0.5) is 4.39 Å². The number of halogens is 1. The van der Waals surface area contributed by atoms with Crippen LogP contribution in [-0.2, 0) is 0 Å². The van der Waals surface area contributed by atoms with Gasteiger partial charge in [0.2, 0.25) is 0 Å². The van der Waals surface area contributed by atoms with Crippen molar-refractivity contribution >= 4 is 11.8 Å². The number of rotatable bonds is 6. The monoisotopic (exact) mass is 253 g/mol. The molecule has 0 aliphatic heterocycles. The average Bonchev–Trinajstić information content (AvgIpc) is 2.32. The summed E-state index contributed by atoms with van der Waals surface area (Å²) in [6.07, 6.45) is 0.835. The molecule has 0 saturated carbocycles. The summed E-state index contributed by atoms with van der Waals surface area (Å²) in [6, 6.07) is 4.60. The predicted molar refractivity (Wildman–Crippen MR) is 68.7 cm³/mol. The van der Waals surface area contributed by atoms with E-state index in [0.717, 1.165) is 23.5 Å². The third kappa shape index (κ3) is 4.27. The molecule has 92 valence electrons. The SMILES string of the molecule is CCOc1ccc(F)cc1C(C)CCSC#N.